The number of aliphatic hydroxyl groups excluding tert-OH is 2. The van der Waals surface area contributed by atoms with Crippen LogP contribution in [-0.2, 0) is 4.74 Å². The monoisotopic (exact) mass is 363 g/mol. The number of hydrogen-bond donors (Lipinski definition) is 3. The Hall–Kier alpha value is -1.84. The van der Waals surface area contributed by atoms with Gasteiger partial charge >= 0.3 is 0 Å². The summed E-state index contributed by atoms with van der Waals surface area (Å²) in [5.41, 5.74) is 1.07. The standard InChI is InChI=1S/C17H22FN5O3/c18-5-11-13(24)14(25)17(26-11)23-7-21-12-15(19-6-20-16(12)23)22-10-4-8-1-2-9(10)3-8/h6-11,13-14,17,24-25H,1-5H2,(H,19,20,22)/t8-,9+,10+,11-,13-,14-,17-/m1/s1. The van der Waals surface area contributed by atoms with Crippen LogP contribution in [0.3, 0.4) is 0 Å². The van der Waals surface area contributed by atoms with Gasteiger partial charge < -0.3 is 20.3 Å². The molecule has 2 aromatic rings. The second kappa shape index (κ2) is 6.11. The van der Waals surface area contributed by atoms with Gasteiger partial charge in [-0.25, -0.2) is 19.3 Å². The number of imidazole rings is 1. The number of alkyl halides is 1. The minimum atomic E-state index is -1.28. The molecule has 140 valence electrons. The van der Waals surface area contributed by atoms with E-state index in [4.69, 9.17) is 4.74 Å². The molecular weight excluding hydrogens is 341 g/mol. The first-order chi connectivity index (χ1) is 12.7. The molecule has 8 nitrogen and oxygen atoms in total. The Balaban J connectivity index is 1.44. The minimum Gasteiger partial charge on any atom is -0.387 e. The fourth-order valence-corrected chi connectivity index (χ4v) is 4.83. The zero-order valence-corrected chi connectivity index (χ0v) is 14.2. The smallest absolute Gasteiger partial charge is 0.167 e. The summed E-state index contributed by atoms with van der Waals surface area (Å²) < 4.78 is 20.0. The van der Waals surface area contributed by atoms with Crippen molar-refractivity contribution >= 4 is 17.0 Å². The fraction of sp³-hybridized carbons (Fsp3) is 0.706. The molecule has 5 rings (SSSR count). The molecule has 3 fully saturated rings. The molecule has 9 heteroatoms. The molecule has 2 aliphatic carbocycles. The lowest BCUT2D eigenvalue weighted by atomic mass is 9.95. The first-order valence-corrected chi connectivity index (χ1v) is 9.17. The van der Waals surface area contributed by atoms with Crippen molar-refractivity contribution in [2.45, 2.75) is 56.3 Å². The Morgan fingerprint density at radius 2 is 2.08 bits per heavy atom. The number of halogens is 1. The maximum atomic E-state index is 13.0. The third-order valence-corrected chi connectivity index (χ3v) is 6.18. The van der Waals surface area contributed by atoms with Gasteiger partial charge in [-0.2, -0.15) is 0 Å². The first kappa shape index (κ1) is 16.3. The van der Waals surface area contributed by atoms with Crippen LogP contribution in [0, 0.1) is 11.8 Å². The molecule has 2 saturated carbocycles. The van der Waals surface area contributed by atoms with E-state index in [9.17, 15) is 14.6 Å². The Morgan fingerprint density at radius 3 is 2.77 bits per heavy atom. The second-order valence-electron chi connectivity index (χ2n) is 7.67. The minimum absolute atomic E-state index is 0.406. The lowest BCUT2D eigenvalue weighted by Gasteiger charge is -2.23. The van der Waals surface area contributed by atoms with E-state index in [2.05, 4.69) is 20.3 Å². The normalized spacial score (nSPS) is 39.1. The van der Waals surface area contributed by atoms with Crippen LogP contribution in [0.15, 0.2) is 12.7 Å². The molecule has 0 radical (unpaired) electrons. The van der Waals surface area contributed by atoms with Gasteiger partial charge in [0.1, 0.15) is 31.3 Å². The molecular formula is C17H22FN5O3. The van der Waals surface area contributed by atoms with Crippen LogP contribution < -0.4 is 5.32 Å². The van der Waals surface area contributed by atoms with Crippen molar-refractivity contribution in [3.8, 4) is 0 Å². The molecule has 2 bridgehead atoms. The van der Waals surface area contributed by atoms with Gasteiger partial charge in [-0.15, -0.1) is 0 Å². The van der Waals surface area contributed by atoms with E-state index in [1.165, 1.54) is 36.5 Å². The molecule has 7 atom stereocenters. The Morgan fingerprint density at radius 1 is 1.19 bits per heavy atom. The maximum absolute atomic E-state index is 13.0. The van der Waals surface area contributed by atoms with Crippen LogP contribution in [0.1, 0.15) is 31.9 Å². The summed E-state index contributed by atoms with van der Waals surface area (Å²) in [6.07, 6.45) is 3.45. The molecule has 26 heavy (non-hydrogen) atoms. The number of hydrogen-bond acceptors (Lipinski definition) is 7. The highest BCUT2D eigenvalue weighted by Gasteiger charge is 2.44. The molecule has 0 unspecified atom stereocenters. The molecule has 1 aliphatic heterocycles. The van der Waals surface area contributed by atoms with Gasteiger partial charge in [0.05, 0.1) is 6.33 Å². The SMILES string of the molecule is O[C@@H]1[C@H](O)[C@@H](CF)O[C@H]1n1cnc2c(N[C@H]3C[C@@H]4CC[C@H]3C4)ncnc21. The summed E-state index contributed by atoms with van der Waals surface area (Å²) in [7, 11) is 0. The lowest BCUT2D eigenvalue weighted by molar-refractivity contribution is -0.0409. The molecule has 3 aliphatic rings. The highest BCUT2D eigenvalue weighted by atomic mass is 19.1. The van der Waals surface area contributed by atoms with E-state index in [0.717, 1.165) is 12.3 Å². The summed E-state index contributed by atoms with van der Waals surface area (Å²) in [5, 5.41) is 23.6. The first-order valence-electron chi connectivity index (χ1n) is 9.17. The predicted molar refractivity (Wildman–Crippen MR) is 90.1 cm³/mol. The topological polar surface area (TPSA) is 105 Å². The van der Waals surface area contributed by atoms with Gasteiger partial charge in [-0.1, -0.05) is 6.42 Å². The van der Waals surface area contributed by atoms with Crippen molar-refractivity contribution in [1.29, 1.82) is 0 Å². The Labute approximate surface area is 149 Å². The predicted octanol–water partition coefficient (Wildman–Crippen LogP) is 1.02. The Kier molecular flexibility index (Phi) is 3.84. The van der Waals surface area contributed by atoms with Gasteiger partial charge in [0, 0.05) is 6.04 Å². The summed E-state index contributed by atoms with van der Waals surface area (Å²) in [6.45, 7) is -0.868. The van der Waals surface area contributed by atoms with E-state index in [-0.39, 0.29) is 0 Å². The molecule has 1 saturated heterocycles. The highest BCUT2D eigenvalue weighted by molar-refractivity contribution is 5.82. The number of aromatic nitrogens is 4. The average molecular weight is 363 g/mol. The number of aliphatic hydroxyl groups is 2. The number of nitrogens with one attached hydrogen (secondary N) is 1. The van der Waals surface area contributed by atoms with Crippen molar-refractivity contribution in [2.75, 3.05) is 12.0 Å². The van der Waals surface area contributed by atoms with E-state index in [1.54, 1.807) is 0 Å². The lowest BCUT2D eigenvalue weighted by Crippen LogP contribution is -2.32. The average Bonchev–Trinajstić information content (AvgIpc) is 3.41. The van der Waals surface area contributed by atoms with Crippen molar-refractivity contribution < 1.29 is 19.3 Å². The molecule has 2 aromatic heterocycles. The van der Waals surface area contributed by atoms with Crippen molar-refractivity contribution in [2.24, 2.45) is 11.8 Å². The van der Waals surface area contributed by atoms with E-state index >= 15 is 0 Å². The molecule has 0 spiro atoms. The van der Waals surface area contributed by atoms with E-state index < -0.39 is 31.2 Å². The molecule has 0 aromatic carbocycles. The largest absolute Gasteiger partial charge is 0.387 e. The van der Waals surface area contributed by atoms with Crippen molar-refractivity contribution in [1.82, 2.24) is 19.5 Å². The van der Waals surface area contributed by atoms with Gasteiger partial charge in [-0.05, 0) is 31.1 Å². The summed E-state index contributed by atoms with van der Waals surface area (Å²) in [5.74, 6) is 2.17. The summed E-state index contributed by atoms with van der Waals surface area (Å²) in [4.78, 5) is 13.0. The number of anilines is 1. The molecule has 3 heterocycles. The van der Waals surface area contributed by atoms with Crippen LogP contribution in [0.25, 0.3) is 11.2 Å². The van der Waals surface area contributed by atoms with Gasteiger partial charge in [0.15, 0.2) is 23.2 Å². The number of rotatable bonds is 4. The third-order valence-electron chi connectivity index (χ3n) is 6.18. The van der Waals surface area contributed by atoms with Crippen LogP contribution in [-0.4, -0.2) is 60.8 Å². The Bertz CT molecular complexity index is 817. The second-order valence-corrected chi connectivity index (χ2v) is 7.67. The summed E-state index contributed by atoms with van der Waals surface area (Å²) >= 11 is 0. The number of fused-ring (bicyclic) bond motifs is 3. The molecule has 0 amide bonds. The van der Waals surface area contributed by atoms with E-state index in [0.29, 0.717) is 28.9 Å². The molecule has 3 N–H and O–H groups in total. The van der Waals surface area contributed by atoms with Crippen LogP contribution in [0.5, 0.6) is 0 Å². The zero-order valence-electron chi connectivity index (χ0n) is 14.2. The van der Waals surface area contributed by atoms with Crippen molar-refractivity contribution in [3.05, 3.63) is 12.7 Å². The summed E-state index contributed by atoms with van der Waals surface area (Å²) in [6, 6.07) is 0.406. The fourth-order valence-electron chi connectivity index (χ4n) is 4.83. The highest BCUT2D eigenvalue weighted by Crippen LogP contribution is 2.45. The zero-order chi connectivity index (χ0) is 17.8. The van der Waals surface area contributed by atoms with Gasteiger partial charge in [0.2, 0.25) is 0 Å². The third kappa shape index (κ3) is 2.41. The number of ether oxygens (including phenoxy) is 1. The maximum Gasteiger partial charge on any atom is 0.167 e. The van der Waals surface area contributed by atoms with Gasteiger partial charge in [0.25, 0.3) is 0 Å². The number of nitrogens with zero attached hydrogens (tertiary/aromatic N) is 4. The van der Waals surface area contributed by atoms with Crippen LogP contribution in [0.2, 0.25) is 0 Å². The van der Waals surface area contributed by atoms with Gasteiger partial charge in [-0.3, -0.25) is 4.57 Å². The van der Waals surface area contributed by atoms with Crippen molar-refractivity contribution in [3.63, 3.8) is 0 Å². The quantitative estimate of drug-likeness (QED) is 0.745. The van der Waals surface area contributed by atoms with Crippen LogP contribution in [0.4, 0.5) is 10.2 Å². The van der Waals surface area contributed by atoms with Crippen LogP contribution >= 0.6 is 0 Å². The van der Waals surface area contributed by atoms with E-state index in [1.807, 2.05) is 0 Å².